The fourth-order valence-electron chi connectivity index (χ4n) is 2.25. The van der Waals surface area contributed by atoms with Crippen molar-refractivity contribution in [2.24, 2.45) is 0 Å². The average Bonchev–Trinajstić information content (AvgIpc) is 2.28. The molecule has 1 fully saturated rings. The van der Waals surface area contributed by atoms with Gasteiger partial charge in [0.15, 0.2) is 0 Å². The second-order valence-corrected chi connectivity index (χ2v) is 6.93. The van der Waals surface area contributed by atoms with E-state index in [0.29, 0.717) is 13.1 Å². The number of sulfonamides is 1. The molecule has 0 unspecified atom stereocenters. The first-order valence-corrected chi connectivity index (χ1v) is 7.85. The molecule has 0 aromatic heterocycles. The van der Waals surface area contributed by atoms with Gasteiger partial charge in [0.2, 0.25) is 10.0 Å². The second-order valence-electron chi connectivity index (χ2n) is 4.96. The number of aryl methyl sites for hydroxylation is 1. The molecule has 5 heteroatoms. The molecule has 2 rings (SSSR count). The van der Waals surface area contributed by atoms with Gasteiger partial charge in [0, 0.05) is 25.7 Å². The molecule has 0 radical (unpaired) electrons. The average molecular weight is 268 g/mol. The zero-order valence-electron chi connectivity index (χ0n) is 10.9. The minimum Gasteiger partial charge on any atom is -0.312 e. The van der Waals surface area contributed by atoms with E-state index >= 15 is 0 Å². The summed E-state index contributed by atoms with van der Waals surface area (Å²) in [5.41, 5.74) is 1.96. The Hall–Kier alpha value is -0.910. The molecule has 100 valence electrons. The highest BCUT2D eigenvalue weighted by molar-refractivity contribution is 7.88. The van der Waals surface area contributed by atoms with Crippen LogP contribution in [0, 0.1) is 6.92 Å². The van der Waals surface area contributed by atoms with E-state index in [0.717, 1.165) is 17.7 Å². The molecule has 1 aromatic carbocycles. The summed E-state index contributed by atoms with van der Waals surface area (Å²) in [5.74, 6) is 0.0986. The number of benzene rings is 1. The molecule has 1 aliphatic heterocycles. The zero-order valence-corrected chi connectivity index (χ0v) is 11.7. The lowest BCUT2D eigenvalue weighted by Crippen LogP contribution is -2.51. The van der Waals surface area contributed by atoms with Gasteiger partial charge in [-0.1, -0.05) is 29.8 Å². The Morgan fingerprint density at radius 3 is 2.89 bits per heavy atom. The van der Waals surface area contributed by atoms with E-state index in [9.17, 15) is 8.42 Å². The van der Waals surface area contributed by atoms with E-state index in [2.05, 4.69) is 5.32 Å². The summed E-state index contributed by atoms with van der Waals surface area (Å²) in [6, 6.07) is 7.91. The predicted molar refractivity (Wildman–Crippen MR) is 72.8 cm³/mol. The van der Waals surface area contributed by atoms with Crippen LogP contribution in [0.2, 0.25) is 0 Å². The van der Waals surface area contributed by atoms with Gasteiger partial charge in [-0.05, 0) is 19.4 Å². The molecule has 0 bridgehead atoms. The second kappa shape index (κ2) is 5.38. The number of hydrogen-bond acceptors (Lipinski definition) is 3. The van der Waals surface area contributed by atoms with E-state index in [1.54, 1.807) is 4.31 Å². The van der Waals surface area contributed by atoms with Gasteiger partial charge in [0.1, 0.15) is 0 Å². The Balaban J connectivity index is 2.11. The van der Waals surface area contributed by atoms with E-state index in [4.69, 9.17) is 0 Å². The first-order chi connectivity index (χ1) is 8.47. The molecule has 1 saturated heterocycles. The van der Waals surface area contributed by atoms with Crippen molar-refractivity contribution >= 4 is 10.0 Å². The lowest BCUT2D eigenvalue weighted by atomic mass is 10.2. The highest BCUT2D eigenvalue weighted by Crippen LogP contribution is 2.14. The summed E-state index contributed by atoms with van der Waals surface area (Å²) in [7, 11) is -3.19. The Labute approximate surface area is 109 Å². The standard InChI is InChI=1S/C13H20N2O2S/c1-11-4-3-5-13(8-11)10-18(16,17)15-7-6-14-12(2)9-15/h3-5,8,12,14H,6-7,9-10H2,1-2H3/t12-/m0/s1. The number of rotatable bonds is 3. The van der Waals surface area contributed by atoms with Gasteiger partial charge in [0.25, 0.3) is 0 Å². The van der Waals surface area contributed by atoms with Crippen molar-refractivity contribution in [1.29, 1.82) is 0 Å². The van der Waals surface area contributed by atoms with Gasteiger partial charge >= 0.3 is 0 Å². The van der Waals surface area contributed by atoms with Crippen molar-refractivity contribution in [3.05, 3.63) is 35.4 Å². The topological polar surface area (TPSA) is 49.4 Å². The fraction of sp³-hybridized carbons (Fsp3) is 0.538. The number of nitrogens with one attached hydrogen (secondary N) is 1. The van der Waals surface area contributed by atoms with Gasteiger partial charge in [0.05, 0.1) is 5.75 Å². The predicted octanol–water partition coefficient (Wildman–Crippen LogP) is 1.12. The van der Waals surface area contributed by atoms with Gasteiger partial charge in [-0.25, -0.2) is 8.42 Å². The van der Waals surface area contributed by atoms with Crippen molar-refractivity contribution in [1.82, 2.24) is 9.62 Å². The third kappa shape index (κ3) is 3.31. The third-order valence-corrected chi connectivity index (χ3v) is 4.97. The summed E-state index contributed by atoms with van der Waals surface area (Å²) in [6.07, 6.45) is 0. The monoisotopic (exact) mass is 268 g/mol. The Morgan fingerprint density at radius 1 is 1.44 bits per heavy atom. The molecule has 0 spiro atoms. The number of nitrogens with zero attached hydrogens (tertiary/aromatic N) is 1. The van der Waals surface area contributed by atoms with E-state index < -0.39 is 10.0 Å². The Morgan fingerprint density at radius 2 is 2.22 bits per heavy atom. The molecule has 0 aliphatic carbocycles. The fourth-order valence-corrected chi connectivity index (χ4v) is 3.86. The van der Waals surface area contributed by atoms with Crippen LogP contribution in [-0.2, 0) is 15.8 Å². The Kier molecular flexibility index (Phi) is 4.04. The number of piperazine rings is 1. The largest absolute Gasteiger partial charge is 0.312 e. The van der Waals surface area contributed by atoms with Gasteiger partial charge in [-0.3, -0.25) is 0 Å². The molecule has 0 amide bonds. The van der Waals surface area contributed by atoms with Crippen molar-refractivity contribution < 1.29 is 8.42 Å². The summed E-state index contributed by atoms with van der Waals surface area (Å²) >= 11 is 0. The first kappa shape index (κ1) is 13.5. The van der Waals surface area contributed by atoms with E-state index in [1.165, 1.54) is 0 Å². The van der Waals surface area contributed by atoms with Crippen LogP contribution in [0.3, 0.4) is 0 Å². The van der Waals surface area contributed by atoms with Crippen LogP contribution in [0.25, 0.3) is 0 Å². The molecule has 1 N–H and O–H groups in total. The maximum absolute atomic E-state index is 12.3. The van der Waals surface area contributed by atoms with Crippen LogP contribution in [0.15, 0.2) is 24.3 Å². The molecule has 1 aromatic rings. The molecule has 1 aliphatic rings. The van der Waals surface area contributed by atoms with Crippen LogP contribution >= 0.6 is 0 Å². The summed E-state index contributed by atoms with van der Waals surface area (Å²) < 4.78 is 26.2. The summed E-state index contributed by atoms with van der Waals surface area (Å²) in [6.45, 7) is 5.85. The molecular weight excluding hydrogens is 248 g/mol. The van der Waals surface area contributed by atoms with Gasteiger partial charge < -0.3 is 5.32 Å². The maximum Gasteiger partial charge on any atom is 0.218 e. The zero-order chi connectivity index (χ0) is 13.2. The minimum absolute atomic E-state index is 0.0986. The van der Waals surface area contributed by atoms with Crippen molar-refractivity contribution in [2.45, 2.75) is 25.6 Å². The summed E-state index contributed by atoms with van der Waals surface area (Å²) in [5, 5.41) is 3.25. The SMILES string of the molecule is Cc1cccc(CS(=O)(=O)N2CCN[C@@H](C)C2)c1. The lowest BCUT2D eigenvalue weighted by molar-refractivity contribution is 0.310. The van der Waals surface area contributed by atoms with Crippen LogP contribution in [0.5, 0.6) is 0 Å². The lowest BCUT2D eigenvalue weighted by Gasteiger charge is -2.31. The summed E-state index contributed by atoms with van der Waals surface area (Å²) in [4.78, 5) is 0. The molecule has 1 atom stereocenters. The van der Waals surface area contributed by atoms with E-state index in [-0.39, 0.29) is 11.8 Å². The minimum atomic E-state index is -3.19. The van der Waals surface area contributed by atoms with Crippen LogP contribution in [-0.4, -0.2) is 38.4 Å². The molecule has 4 nitrogen and oxygen atoms in total. The smallest absolute Gasteiger partial charge is 0.218 e. The van der Waals surface area contributed by atoms with Gasteiger partial charge in [-0.15, -0.1) is 0 Å². The molecule has 1 heterocycles. The normalized spacial score (nSPS) is 22.0. The van der Waals surface area contributed by atoms with Crippen molar-refractivity contribution in [3.8, 4) is 0 Å². The van der Waals surface area contributed by atoms with Crippen LogP contribution in [0.4, 0.5) is 0 Å². The molecular formula is C13H20N2O2S. The van der Waals surface area contributed by atoms with Crippen molar-refractivity contribution in [2.75, 3.05) is 19.6 Å². The molecule has 18 heavy (non-hydrogen) atoms. The van der Waals surface area contributed by atoms with Crippen molar-refractivity contribution in [3.63, 3.8) is 0 Å². The van der Waals surface area contributed by atoms with E-state index in [1.807, 2.05) is 38.1 Å². The van der Waals surface area contributed by atoms with Gasteiger partial charge in [-0.2, -0.15) is 4.31 Å². The van der Waals surface area contributed by atoms with Crippen LogP contribution < -0.4 is 5.32 Å². The first-order valence-electron chi connectivity index (χ1n) is 6.24. The third-order valence-electron chi connectivity index (χ3n) is 3.16. The molecule has 0 saturated carbocycles. The quantitative estimate of drug-likeness (QED) is 0.893. The number of hydrogen-bond donors (Lipinski definition) is 1. The highest BCUT2D eigenvalue weighted by Gasteiger charge is 2.26. The Bertz CT molecular complexity index is 513. The van der Waals surface area contributed by atoms with Crippen LogP contribution in [0.1, 0.15) is 18.1 Å². The highest BCUT2D eigenvalue weighted by atomic mass is 32.2. The maximum atomic E-state index is 12.3.